The van der Waals surface area contributed by atoms with Crippen LogP contribution in [0.1, 0.15) is 10.4 Å². The highest BCUT2D eigenvalue weighted by Gasteiger charge is 2.27. The van der Waals surface area contributed by atoms with E-state index >= 15 is 0 Å². The van der Waals surface area contributed by atoms with Crippen LogP contribution in [0.2, 0.25) is 0 Å². The third-order valence-electron chi connectivity index (χ3n) is 4.30. The van der Waals surface area contributed by atoms with Gasteiger partial charge in [0, 0.05) is 10.2 Å². The number of carbonyl (C=O) groups is 2. The van der Waals surface area contributed by atoms with Crippen LogP contribution in [-0.4, -0.2) is 33.9 Å². The summed E-state index contributed by atoms with van der Waals surface area (Å²) in [7, 11) is -2.71. The minimum atomic E-state index is -3.99. The minimum Gasteiger partial charge on any atom is -0.465 e. The standard InChI is InChI=1S/C22H19BrN2O5S/c1-30-22(27)16-10-12-18(13-11-16)24-21(26)15-25(19-7-5-6-17(23)14-19)31(28,29)20-8-3-2-4-9-20/h2-14H,15H2,1H3,(H,24,26). The Bertz CT molecular complexity index is 1180. The highest BCUT2D eigenvalue weighted by molar-refractivity contribution is 9.10. The van der Waals surface area contributed by atoms with Crippen LogP contribution in [0, 0.1) is 0 Å². The summed E-state index contributed by atoms with van der Waals surface area (Å²) in [4.78, 5) is 24.3. The second-order valence-electron chi connectivity index (χ2n) is 6.42. The van der Waals surface area contributed by atoms with Gasteiger partial charge in [-0.2, -0.15) is 0 Å². The van der Waals surface area contributed by atoms with Gasteiger partial charge in [0.2, 0.25) is 5.91 Å². The number of esters is 1. The quantitative estimate of drug-likeness (QED) is 0.491. The van der Waals surface area contributed by atoms with Crippen LogP contribution >= 0.6 is 15.9 Å². The lowest BCUT2D eigenvalue weighted by atomic mass is 10.2. The maximum Gasteiger partial charge on any atom is 0.337 e. The van der Waals surface area contributed by atoms with Crippen LogP contribution in [0.25, 0.3) is 0 Å². The number of rotatable bonds is 7. The lowest BCUT2D eigenvalue weighted by Crippen LogP contribution is -2.38. The number of hydrogen-bond donors (Lipinski definition) is 1. The summed E-state index contributed by atoms with van der Waals surface area (Å²) in [5, 5.41) is 2.66. The fourth-order valence-electron chi connectivity index (χ4n) is 2.80. The molecule has 160 valence electrons. The summed E-state index contributed by atoms with van der Waals surface area (Å²) in [6, 6.07) is 20.7. The van der Waals surface area contributed by atoms with Crippen molar-refractivity contribution in [1.82, 2.24) is 0 Å². The molecule has 0 saturated carbocycles. The lowest BCUT2D eigenvalue weighted by molar-refractivity contribution is -0.114. The van der Waals surface area contributed by atoms with Crippen molar-refractivity contribution in [2.45, 2.75) is 4.90 Å². The van der Waals surface area contributed by atoms with Gasteiger partial charge in [-0.1, -0.05) is 40.2 Å². The van der Waals surface area contributed by atoms with Crippen LogP contribution < -0.4 is 9.62 Å². The maximum atomic E-state index is 13.3. The van der Waals surface area contributed by atoms with Gasteiger partial charge in [-0.25, -0.2) is 13.2 Å². The molecule has 9 heteroatoms. The molecule has 0 fully saturated rings. The Morgan fingerprint density at radius 1 is 0.968 bits per heavy atom. The van der Waals surface area contributed by atoms with Crippen molar-refractivity contribution in [2.75, 3.05) is 23.3 Å². The average Bonchev–Trinajstić information content (AvgIpc) is 2.78. The molecule has 1 amide bonds. The van der Waals surface area contributed by atoms with Crippen molar-refractivity contribution < 1.29 is 22.7 Å². The monoisotopic (exact) mass is 502 g/mol. The first-order valence-electron chi connectivity index (χ1n) is 9.13. The van der Waals surface area contributed by atoms with Crippen molar-refractivity contribution in [3.8, 4) is 0 Å². The van der Waals surface area contributed by atoms with Gasteiger partial charge in [0.25, 0.3) is 10.0 Å². The summed E-state index contributed by atoms with van der Waals surface area (Å²) >= 11 is 3.34. The van der Waals surface area contributed by atoms with E-state index in [-0.39, 0.29) is 4.90 Å². The van der Waals surface area contributed by atoms with Crippen LogP contribution in [0.15, 0.2) is 88.2 Å². The van der Waals surface area contributed by atoms with Crippen LogP contribution in [0.5, 0.6) is 0 Å². The van der Waals surface area contributed by atoms with Gasteiger partial charge in [-0.3, -0.25) is 9.10 Å². The number of carbonyl (C=O) groups excluding carboxylic acids is 2. The third kappa shape index (κ3) is 5.50. The number of nitrogens with zero attached hydrogens (tertiary/aromatic N) is 1. The van der Waals surface area contributed by atoms with Crippen LogP contribution in [-0.2, 0) is 19.6 Å². The minimum absolute atomic E-state index is 0.0743. The van der Waals surface area contributed by atoms with E-state index in [4.69, 9.17) is 0 Å². The first kappa shape index (κ1) is 22.5. The lowest BCUT2D eigenvalue weighted by Gasteiger charge is -2.24. The molecular weight excluding hydrogens is 484 g/mol. The Balaban J connectivity index is 1.87. The summed E-state index contributed by atoms with van der Waals surface area (Å²) in [5.41, 5.74) is 1.10. The smallest absolute Gasteiger partial charge is 0.337 e. The number of anilines is 2. The number of sulfonamides is 1. The van der Waals surface area contributed by atoms with Crippen LogP contribution in [0.3, 0.4) is 0 Å². The van der Waals surface area contributed by atoms with Gasteiger partial charge < -0.3 is 10.1 Å². The highest BCUT2D eigenvalue weighted by atomic mass is 79.9. The number of benzene rings is 3. The van der Waals surface area contributed by atoms with E-state index in [0.29, 0.717) is 21.4 Å². The Morgan fingerprint density at radius 3 is 2.26 bits per heavy atom. The summed E-state index contributed by atoms with van der Waals surface area (Å²) in [6.45, 7) is -0.438. The largest absolute Gasteiger partial charge is 0.465 e. The first-order chi connectivity index (χ1) is 14.8. The van der Waals surface area contributed by atoms with E-state index in [9.17, 15) is 18.0 Å². The van der Waals surface area contributed by atoms with Gasteiger partial charge in [-0.15, -0.1) is 0 Å². The SMILES string of the molecule is COC(=O)c1ccc(NC(=O)CN(c2cccc(Br)c2)S(=O)(=O)c2ccccc2)cc1. The zero-order valence-electron chi connectivity index (χ0n) is 16.5. The molecule has 3 rings (SSSR count). The van der Waals surface area contributed by atoms with Gasteiger partial charge >= 0.3 is 5.97 Å². The van der Waals surface area contributed by atoms with Gasteiger partial charge in [0.15, 0.2) is 0 Å². The molecular formula is C22H19BrN2O5S. The van der Waals surface area contributed by atoms with Crippen molar-refractivity contribution in [2.24, 2.45) is 0 Å². The van der Waals surface area contributed by atoms with E-state index in [0.717, 1.165) is 4.31 Å². The molecule has 0 radical (unpaired) electrons. The molecule has 0 atom stereocenters. The molecule has 0 bridgehead atoms. The fourth-order valence-corrected chi connectivity index (χ4v) is 4.63. The Labute approximate surface area is 188 Å². The molecule has 1 N–H and O–H groups in total. The molecule has 3 aromatic rings. The van der Waals surface area contributed by atoms with Crippen molar-refractivity contribution in [3.05, 3.63) is 88.9 Å². The van der Waals surface area contributed by atoms with Gasteiger partial charge in [0.1, 0.15) is 6.54 Å². The summed E-state index contributed by atoms with van der Waals surface area (Å²) < 4.78 is 32.9. The third-order valence-corrected chi connectivity index (χ3v) is 6.59. The van der Waals surface area contributed by atoms with E-state index in [1.165, 1.54) is 31.4 Å². The maximum absolute atomic E-state index is 13.3. The molecule has 0 spiro atoms. The van der Waals surface area contributed by atoms with E-state index in [2.05, 4.69) is 26.0 Å². The summed E-state index contributed by atoms with van der Waals surface area (Å²) in [5.74, 6) is -1.03. The molecule has 0 aliphatic heterocycles. The predicted octanol–water partition coefficient (Wildman–Crippen LogP) is 4.07. The second-order valence-corrected chi connectivity index (χ2v) is 9.20. The topological polar surface area (TPSA) is 92.8 Å². The fraction of sp³-hybridized carbons (Fsp3) is 0.0909. The number of halogens is 1. The molecule has 0 saturated heterocycles. The molecule has 0 aliphatic rings. The molecule has 0 aliphatic carbocycles. The first-order valence-corrected chi connectivity index (χ1v) is 11.4. The molecule has 0 heterocycles. The van der Waals surface area contributed by atoms with Crippen molar-refractivity contribution >= 4 is 49.2 Å². The molecule has 31 heavy (non-hydrogen) atoms. The van der Waals surface area contributed by atoms with Gasteiger partial charge in [0.05, 0.1) is 23.3 Å². The second kappa shape index (κ2) is 9.76. The zero-order valence-corrected chi connectivity index (χ0v) is 18.9. The Hall–Kier alpha value is -3.17. The van der Waals surface area contributed by atoms with E-state index < -0.39 is 28.4 Å². The zero-order chi connectivity index (χ0) is 22.4. The van der Waals surface area contributed by atoms with Gasteiger partial charge in [-0.05, 0) is 54.6 Å². The molecule has 0 aromatic heterocycles. The number of hydrogen-bond acceptors (Lipinski definition) is 5. The van der Waals surface area contributed by atoms with Crippen molar-refractivity contribution in [1.29, 1.82) is 0 Å². The normalized spacial score (nSPS) is 10.9. The van der Waals surface area contributed by atoms with Crippen molar-refractivity contribution in [3.63, 3.8) is 0 Å². The highest BCUT2D eigenvalue weighted by Crippen LogP contribution is 2.26. The molecule has 3 aromatic carbocycles. The molecule has 7 nitrogen and oxygen atoms in total. The Morgan fingerprint density at radius 2 is 1.65 bits per heavy atom. The van der Waals surface area contributed by atoms with E-state index in [1.54, 1.807) is 54.6 Å². The predicted molar refractivity (Wildman–Crippen MR) is 122 cm³/mol. The molecule has 0 unspecified atom stereocenters. The number of amides is 1. The average molecular weight is 503 g/mol. The number of methoxy groups -OCH3 is 1. The Kier molecular flexibility index (Phi) is 7.09. The summed E-state index contributed by atoms with van der Waals surface area (Å²) in [6.07, 6.45) is 0. The number of nitrogens with one attached hydrogen (secondary N) is 1. The van der Waals surface area contributed by atoms with E-state index in [1.807, 2.05) is 0 Å². The number of ether oxygens (including phenoxy) is 1. The van der Waals surface area contributed by atoms with Crippen LogP contribution in [0.4, 0.5) is 11.4 Å².